The molecule has 8 heteroatoms. The third kappa shape index (κ3) is 6.68. The van der Waals surface area contributed by atoms with Crippen LogP contribution in [0, 0.1) is 6.92 Å². The second-order valence-electron chi connectivity index (χ2n) is 8.06. The number of methoxy groups -OCH3 is 1. The standard InChI is InChI=1S/C28H25Cl2N3O3/c1-19-14-27(32-33(19)17-21-10-11-23(29)16-25(21)30)31-28(34)13-9-20-8-12-26(35-2)22(15-20)18-36-24-6-4-3-5-7-24/h3-16H,17-18H2,1-2H3,(H,31,32,34)/b13-9+. The van der Waals surface area contributed by atoms with Gasteiger partial charge in [0.1, 0.15) is 18.1 Å². The fraction of sp³-hybridized carbons (Fsp3) is 0.143. The van der Waals surface area contributed by atoms with Crippen molar-refractivity contribution in [1.29, 1.82) is 0 Å². The van der Waals surface area contributed by atoms with E-state index in [1.54, 1.807) is 30.0 Å². The first-order chi connectivity index (χ1) is 17.4. The lowest BCUT2D eigenvalue weighted by Crippen LogP contribution is -2.10. The molecule has 0 fully saturated rings. The van der Waals surface area contributed by atoms with Crippen LogP contribution in [0.5, 0.6) is 11.5 Å². The maximum absolute atomic E-state index is 12.5. The molecule has 0 bridgehead atoms. The second-order valence-corrected chi connectivity index (χ2v) is 8.90. The Balaban J connectivity index is 1.40. The van der Waals surface area contributed by atoms with Crippen molar-refractivity contribution in [1.82, 2.24) is 9.78 Å². The topological polar surface area (TPSA) is 65.4 Å². The molecule has 4 rings (SSSR count). The highest BCUT2D eigenvalue weighted by Gasteiger charge is 2.10. The Bertz CT molecular complexity index is 1380. The normalized spacial score (nSPS) is 11.0. The predicted molar refractivity (Wildman–Crippen MR) is 144 cm³/mol. The number of halogens is 2. The largest absolute Gasteiger partial charge is 0.496 e. The number of hydrogen-bond acceptors (Lipinski definition) is 4. The number of rotatable bonds is 9. The van der Waals surface area contributed by atoms with E-state index in [1.165, 1.54) is 6.08 Å². The molecule has 0 atom stereocenters. The number of hydrogen-bond donors (Lipinski definition) is 1. The Labute approximate surface area is 220 Å². The van der Waals surface area contributed by atoms with Gasteiger partial charge in [0, 0.05) is 33.4 Å². The summed E-state index contributed by atoms with van der Waals surface area (Å²) in [5.74, 6) is 1.66. The van der Waals surface area contributed by atoms with Gasteiger partial charge >= 0.3 is 0 Å². The summed E-state index contributed by atoms with van der Waals surface area (Å²) >= 11 is 12.3. The summed E-state index contributed by atoms with van der Waals surface area (Å²) in [5.41, 5.74) is 3.49. The van der Waals surface area contributed by atoms with Gasteiger partial charge in [-0.25, -0.2) is 0 Å². The van der Waals surface area contributed by atoms with Crippen LogP contribution in [-0.4, -0.2) is 22.8 Å². The van der Waals surface area contributed by atoms with E-state index in [0.29, 0.717) is 34.8 Å². The molecule has 4 aromatic rings. The smallest absolute Gasteiger partial charge is 0.249 e. The zero-order valence-electron chi connectivity index (χ0n) is 19.9. The van der Waals surface area contributed by atoms with Gasteiger partial charge in [-0.1, -0.05) is 53.5 Å². The summed E-state index contributed by atoms with van der Waals surface area (Å²) in [7, 11) is 1.62. The predicted octanol–water partition coefficient (Wildman–Crippen LogP) is 6.79. The monoisotopic (exact) mass is 521 g/mol. The number of anilines is 1. The lowest BCUT2D eigenvalue weighted by Gasteiger charge is -2.11. The van der Waals surface area contributed by atoms with E-state index in [0.717, 1.165) is 28.1 Å². The minimum atomic E-state index is -0.290. The molecule has 6 nitrogen and oxygen atoms in total. The zero-order valence-corrected chi connectivity index (χ0v) is 21.4. The van der Waals surface area contributed by atoms with Crippen molar-refractivity contribution in [2.45, 2.75) is 20.1 Å². The van der Waals surface area contributed by atoms with Crippen LogP contribution >= 0.6 is 23.2 Å². The van der Waals surface area contributed by atoms with Gasteiger partial charge in [0.2, 0.25) is 5.91 Å². The molecule has 1 N–H and O–H groups in total. The van der Waals surface area contributed by atoms with Crippen LogP contribution in [0.25, 0.3) is 6.08 Å². The van der Waals surface area contributed by atoms with Crippen molar-refractivity contribution in [3.63, 3.8) is 0 Å². The molecule has 0 aliphatic rings. The Kier molecular flexibility index (Phi) is 8.31. The fourth-order valence-electron chi connectivity index (χ4n) is 3.58. The number of aromatic nitrogens is 2. The van der Waals surface area contributed by atoms with Crippen LogP contribution in [0.1, 0.15) is 22.4 Å². The van der Waals surface area contributed by atoms with E-state index in [2.05, 4.69) is 10.4 Å². The summed E-state index contributed by atoms with van der Waals surface area (Å²) in [6.07, 6.45) is 3.20. The van der Waals surface area contributed by atoms with E-state index in [-0.39, 0.29) is 5.91 Å². The highest BCUT2D eigenvalue weighted by atomic mass is 35.5. The highest BCUT2D eigenvalue weighted by molar-refractivity contribution is 6.35. The molecule has 0 saturated carbocycles. The summed E-state index contributed by atoms with van der Waals surface area (Å²) < 4.78 is 13.1. The van der Waals surface area contributed by atoms with Crippen molar-refractivity contribution < 1.29 is 14.3 Å². The second kappa shape index (κ2) is 11.8. The molecular weight excluding hydrogens is 497 g/mol. The third-order valence-electron chi connectivity index (χ3n) is 5.44. The van der Waals surface area contributed by atoms with Gasteiger partial charge in [-0.15, -0.1) is 0 Å². The number of ether oxygens (including phenoxy) is 2. The van der Waals surface area contributed by atoms with Crippen LogP contribution in [0.3, 0.4) is 0 Å². The average molecular weight is 522 g/mol. The molecule has 0 saturated heterocycles. The number of aryl methyl sites for hydroxylation is 1. The quantitative estimate of drug-likeness (QED) is 0.246. The van der Waals surface area contributed by atoms with Crippen LogP contribution in [0.15, 0.2) is 78.9 Å². The van der Waals surface area contributed by atoms with Gasteiger partial charge in [-0.2, -0.15) is 5.10 Å². The molecule has 0 aliphatic carbocycles. The number of nitrogens with one attached hydrogen (secondary N) is 1. The molecule has 0 unspecified atom stereocenters. The van der Waals surface area contributed by atoms with Crippen LogP contribution in [0.4, 0.5) is 5.82 Å². The van der Waals surface area contributed by atoms with Crippen molar-refractivity contribution in [3.8, 4) is 11.5 Å². The molecule has 3 aromatic carbocycles. The lowest BCUT2D eigenvalue weighted by atomic mass is 10.1. The fourth-order valence-corrected chi connectivity index (χ4v) is 4.04. The number of carbonyl (C=O) groups is 1. The summed E-state index contributed by atoms with van der Waals surface area (Å²) in [4.78, 5) is 12.5. The van der Waals surface area contributed by atoms with Gasteiger partial charge < -0.3 is 14.8 Å². The first kappa shape index (κ1) is 25.4. The first-order valence-electron chi connectivity index (χ1n) is 11.2. The van der Waals surface area contributed by atoms with Crippen molar-refractivity contribution in [2.75, 3.05) is 12.4 Å². The summed E-state index contributed by atoms with van der Waals surface area (Å²) in [5, 5.41) is 8.43. The third-order valence-corrected chi connectivity index (χ3v) is 6.02. The minimum Gasteiger partial charge on any atom is -0.496 e. The molecule has 0 radical (unpaired) electrons. The molecule has 0 aliphatic heterocycles. The van der Waals surface area contributed by atoms with E-state index >= 15 is 0 Å². The average Bonchev–Trinajstić information content (AvgIpc) is 3.22. The SMILES string of the molecule is COc1ccc(/C=C/C(=O)Nc2cc(C)n(Cc3ccc(Cl)cc3Cl)n2)cc1COc1ccccc1. The van der Waals surface area contributed by atoms with Crippen molar-refractivity contribution >= 4 is 41.0 Å². The van der Waals surface area contributed by atoms with E-state index in [4.69, 9.17) is 32.7 Å². The lowest BCUT2D eigenvalue weighted by molar-refractivity contribution is -0.111. The van der Waals surface area contributed by atoms with Gasteiger partial charge in [0.15, 0.2) is 5.82 Å². The summed E-state index contributed by atoms with van der Waals surface area (Å²) in [6.45, 7) is 2.72. The van der Waals surface area contributed by atoms with Crippen LogP contribution < -0.4 is 14.8 Å². The zero-order chi connectivity index (χ0) is 25.5. The van der Waals surface area contributed by atoms with Crippen molar-refractivity contribution in [2.24, 2.45) is 0 Å². The van der Waals surface area contributed by atoms with Gasteiger partial charge in [0.25, 0.3) is 0 Å². The Morgan fingerprint density at radius 3 is 2.58 bits per heavy atom. The number of carbonyl (C=O) groups excluding carboxylic acids is 1. The Morgan fingerprint density at radius 2 is 1.83 bits per heavy atom. The first-order valence-corrected chi connectivity index (χ1v) is 12.0. The molecule has 36 heavy (non-hydrogen) atoms. The number of amides is 1. The highest BCUT2D eigenvalue weighted by Crippen LogP contribution is 2.24. The molecule has 0 spiro atoms. The van der Waals surface area contributed by atoms with Gasteiger partial charge in [-0.05, 0) is 60.5 Å². The number of benzene rings is 3. The maximum atomic E-state index is 12.5. The van der Waals surface area contributed by atoms with E-state index < -0.39 is 0 Å². The maximum Gasteiger partial charge on any atom is 0.249 e. The minimum absolute atomic E-state index is 0.290. The van der Waals surface area contributed by atoms with Crippen LogP contribution in [0.2, 0.25) is 10.0 Å². The Hall–Kier alpha value is -3.74. The van der Waals surface area contributed by atoms with Crippen LogP contribution in [-0.2, 0) is 17.9 Å². The number of nitrogens with zero attached hydrogens (tertiary/aromatic N) is 2. The molecular formula is C28H25Cl2N3O3. The molecule has 184 valence electrons. The van der Waals surface area contributed by atoms with Crippen molar-refractivity contribution in [3.05, 3.63) is 111 Å². The van der Waals surface area contributed by atoms with E-state index in [1.807, 2.05) is 67.6 Å². The number of para-hydroxylation sites is 1. The summed E-state index contributed by atoms with van der Waals surface area (Å²) in [6, 6.07) is 22.4. The Morgan fingerprint density at radius 1 is 1.03 bits per heavy atom. The molecule has 1 aromatic heterocycles. The molecule has 1 heterocycles. The van der Waals surface area contributed by atoms with Gasteiger partial charge in [0.05, 0.1) is 13.7 Å². The van der Waals surface area contributed by atoms with Gasteiger partial charge in [-0.3, -0.25) is 9.48 Å². The molecule has 1 amide bonds. The van der Waals surface area contributed by atoms with E-state index in [9.17, 15) is 4.79 Å².